The number of fused-ring (bicyclic) bond motifs is 1. The number of hydrogen-bond donors (Lipinski definition) is 0. The van der Waals surface area contributed by atoms with Crippen LogP contribution in [0.5, 0.6) is 0 Å². The van der Waals surface area contributed by atoms with Gasteiger partial charge in [-0.25, -0.2) is 15.0 Å². The maximum Gasteiger partial charge on any atom is 0.136 e. The van der Waals surface area contributed by atoms with E-state index in [0.717, 1.165) is 54.9 Å². The molecule has 1 fully saturated rings. The standard InChI is InChI=1S/C18H22BrN5/c1-13-16(19)21-12-22-17(13)23-10-6-15(7-11-23)24-9-3-5-14-4-2-8-20-18(14)24/h2,4,8,12,15H,3,5-7,9-11H2,1H3. The highest BCUT2D eigenvalue weighted by molar-refractivity contribution is 9.10. The van der Waals surface area contributed by atoms with E-state index in [-0.39, 0.29) is 0 Å². The number of halogens is 1. The number of aromatic nitrogens is 3. The van der Waals surface area contributed by atoms with Gasteiger partial charge in [-0.15, -0.1) is 0 Å². The van der Waals surface area contributed by atoms with E-state index < -0.39 is 0 Å². The molecule has 4 rings (SSSR count). The van der Waals surface area contributed by atoms with E-state index in [1.165, 1.54) is 17.8 Å². The Morgan fingerprint density at radius 3 is 2.75 bits per heavy atom. The second-order valence-electron chi connectivity index (χ2n) is 6.61. The Hall–Kier alpha value is -1.69. The summed E-state index contributed by atoms with van der Waals surface area (Å²) in [5.41, 5.74) is 2.53. The zero-order chi connectivity index (χ0) is 16.5. The Balaban J connectivity index is 1.48. The van der Waals surface area contributed by atoms with Gasteiger partial charge in [0.15, 0.2) is 0 Å². The van der Waals surface area contributed by atoms with Gasteiger partial charge in [-0.2, -0.15) is 0 Å². The first-order chi connectivity index (χ1) is 11.7. The summed E-state index contributed by atoms with van der Waals surface area (Å²) < 4.78 is 0.892. The van der Waals surface area contributed by atoms with E-state index in [0.29, 0.717) is 6.04 Å². The number of nitrogens with zero attached hydrogens (tertiary/aromatic N) is 5. The SMILES string of the molecule is Cc1c(Br)ncnc1N1CCC(N2CCCc3cccnc32)CC1. The van der Waals surface area contributed by atoms with Crippen molar-refractivity contribution in [3.8, 4) is 0 Å². The average molecular weight is 388 g/mol. The summed E-state index contributed by atoms with van der Waals surface area (Å²) in [6.07, 6.45) is 8.26. The van der Waals surface area contributed by atoms with Crippen molar-refractivity contribution in [1.29, 1.82) is 0 Å². The van der Waals surface area contributed by atoms with Crippen molar-refractivity contribution < 1.29 is 0 Å². The minimum absolute atomic E-state index is 0.584. The van der Waals surface area contributed by atoms with E-state index in [9.17, 15) is 0 Å². The van der Waals surface area contributed by atoms with E-state index >= 15 is 0 Å². The second-order valence-corrected chi connectivity index (χ2v) is 7.37. The summed E-state index contributed by atoms with van der Waals surface area (Å²) >= 11 is 3.51. The van der Waals surface area contributed by atoms with Crippen LogP contribution in [0.4, 0.5) is 11.6 Å². The molecule has 2 aromatic rings. The number of aryl methyl sites for hydroxylation is 1. The number of piperidine rings is 1. The van der Waals surface area contributed by atoms with Crippen LogP contribution in [0.25, 0.3) is 0 Å². The molecule has 0 spiro atoms. The molecule has 2 aliphatic rings. The van der Waals surface area contributed by atoms with Crippen molar-refractivity contribution in [2.24, 2.45) is 0 Å². The molecule has 24 heavy (non-hydrogen) atoms. The molecule has 0 N–H and O–H groups in total. The molecule has 0 aromatic carbocycles. The van der Waals surface area contributed by atoms with E-state index in [4.69, 9.17) is 0 Å². The minimum atomic E-state index is 0.584. The molecule has 0 unspecified atom stereocenters. The van der Waals surface area contributed by atoms with Crippen LogP contribution in [0.15, 0.2) is 29.3 Å². The summed E-state index contributed by atoms with van der Waals surface area (Å²) in [5.74, 6) is 2.27. The highest BCUT2D eigenvalue weighted by atomic mass is 79.9. The molecule has 0 saturated carbocycles. The number of hydrogen-bond acceptors (Lipinski definition) is 5. The smallest absolute Gasteiger partial charge is 0.136 e. The van der Waals surface area contributed by atoms with E-state index in [2.05, 4.69) is 59.7 Å². The zero-order valence-electron chi connectivity index (χ0n) is 14.0. The third-order valence-corrected chi connectivity index (χ3v) is 5.98. The molecule has 126 valence electrons. The van der Waals surface area contributed by atoms with Crippen molar-refractivity contribution in [3.05, 3.63) is 40.4 Å². The fourth-order valence-electron chi connectivity index (χ4n) is 3.91. The van der Waals surface area contributed by atoms with Crippen LogP contribution in [0.1, 0.15) is 30.4 Å². The summed E-state index contributed by atoms with van der Waals surface area (Å²) in [6, 6.07) is 4.87. The molecule has 0 aliphatic carbocycles. The molecule has 5 nitrogen and oxygen atoms in total. The Kier molecular flexibility index (Phi) is 4.39. The Labute approximate surface area is 151 Å². The van der Waals surface area contributed by atoms with Gasteiger partial charge in [0.25, 0.3) is 0 Å². The van der Waals surface area contributed by atoms with Gasteiger partial charge in [0.1, 0.15) is 22.6 Å². The van der Waals surface area contributed by atoms with Crippen molar-refractivity contribution >= 4 is 27.6 Å². The fourth-order valence-corrected chi connectivity index (χ4v) is 4.18. The highest BCUT2D eigenvalue weighted by Crippen LogP contribution is 2.31. The van der Waals surface area contributed by atoms with Gasteiger partial charge in [0.05, 0.1) is 0 Å². The molecule has 4 heterocycles. The van der Waals surface area contributed by atoms with Crippen LogP contribution in [-0.2, 0) is 6.42 Å². The van der Waals surface area contributed by atoms with Gasteiger partial charge in [-0.3, -0.25) is 0 Å². The number of pyridine rings is 1. The van der Waals surface area contributed by atoms with Crippen molar-refractivity contribution in [2.75, 3.05) is 29.4 Å². The lowest BCUT2D eigenvalue weighted by Crippen LogP contribution is -2.47. The molecule has 0 radical (unpaired) electrons. The Morgan fingerprint density at radius 1 is 1.08 bits per heavy atom. The third-order valence-electron chi connectivity index (χ3n) is 5.19. The predicted octanol–water partition coefficient (Wildman–Crippen LogP) is 3.36. The first-order valence-corrected chi connectivity index (χ1v) is 9.46. The lowest BCUT2D eigenvalue weighted by molar-refractivity contribution is 0.449. The number of rotatable bonds is 2. The van der Waals surface area contributed by atoms with Crippen molar-refractivity contribution in [2.45, 2.75) is 38.6 Å². The largest absolute Gasteiger partial charge is 0.356 e. The second kappa shape index (κ2) is 6.67. The van der Waals surface area contributed by atoms with Crippen LogP contribution in [0.3, 0.4) is 0 Å². The quantitative estimate of drug-likeness (QED) is 0.739. The van der Waals surface area contributed by atoms with Gasteiger partial charge < -0.3 is 9.80 Å². The Bertz CT molecular complexity index is 727. The highest BCUT2D eigenvalue weighted by Gasteiger charge is 2.29. The van der Waals surface area contributed by atoms with Crippen LogP contribution >= 0.6 is 15.9 Å². The third kappa shape index (κ3) is 2.88. The van der Waals surface area contributed by atoms with E-state index in [1.54, 1.807) is 6.33 Å². The van der Waals surface area contributed by atoms with Gasteiger partial charge in [-0.1, -0.05) is 6.07 Å². The van der Waals surface area contributed by atoms with Gasteiger partial charge in [0, 0.05) is 37.4 Å². The zero-order valence-corrected chi connectivity index (χ0v) is 15.5. The summed E-state index contributed by atoms with van der Waals surface area (Å²) in [7, 11) is 0. The van der Waals surface area contributed by atoms with Gasteiger partial charge in [-0.05, 0) is 60.2 Å². The normalized spacial score (nSPS) is 18.6. The monoisotopic (exact) mass is 387 g/mol. The summed E-state index contributed by atoms with van der Waals surface area (Å²) in [5, 5.41) is 0. The molecule has 2 aliphatic heterocycles. The van der Waals surface area contributed by atoms with Crippen LogP contribution in [-0.4, -0.2) is 40.6 Å². The molecule has 2 aromatic heterocycles. The molecule has 0 bridgehead atoms. The minimum Gasteiger partial charge on any atom is -0.356 e. The van der Waals surface area contributed by atoms with Crippen molar-refractivity contribution in [1.82, 2.24) is 15.0 Å². The maximum atomic E-state index is 4.66. The molecule has 0 atom stereocenters. The molecule has 6 heteroatoms. The van der Waals surface area contributed by atoms with Crippen LogP contribution in [0.2, 0.25) is 0 Å². The van der Waals surface area contributed by atoms with Gasteiger partial charge >= 0.3 is 0 Å². The van der Waals surface area contributed by atoms with E-state index in [1.807, 2.05) is 6.20 Å². The molecule has 1 saturated heterocycles. The number of anilines is 2. The maximum absolute atomic E-state index is 4.66. The Morgan fingerprint density at radius 2 is 1.92 bits per heavy atom. The fraction of sp³-hybridized carbons (Fsp3) is 0.500. The average Bonchev–Trinajstić information content (AvgIpc) is 2.64. The lowest BCUT2D eigenvalue weighted by Gasteiger charge is -2.42. The van der Waals surface area contributed by atoms with Crippen molar-refractivity contribution in [3.63, 3.8) is 0 Å². The molecular weight excluding hydrogens is 366 g/mol. The van der Waals surface area contributed by atoms with Crippen LogP contribution in [0, 0.1) is 6.92 Å². The lowest BCUT2D eigenvalue weighted by atomic mass is 9.98. The molecule has 0 amide bonds. The first-order valence-electron chi connectivity index (χ1n) is 8.66. The van der Waals surface area contributed by atoms with Crippen LogP contribution < -0.4 is 9.80 Å². The van der Waals surface area contributed by atoms with Gasteiger partial charge in [0.2, 0.25) is 0 Å². The summed E-state index contributed by atoms with van der Waals surface area (Å²) in [6.45, 7) is 5.28. The first kappa shape index (κ1) is 15.8. The topological polar surface area (TPSA) is 45.2 Å². The summed E-state index contributed by atoms with van der Waals surface area (Å²) in [4.78, 5) is 18.3. The molecular formula is C18H22BrN5. The predicted molar refractivity (Wildman–Crippen MR) is 99.6 cm³/mol.